The predicted octanol–water partition coefficient (Wildman–Crippen LogP) is 0.910. The Morgan fingerprint density at radius 3 is 2.56 bits per heavy atom. The van der Waals surface area contributed by atoms with Gasteiger partial charge in [-0.15, -0.1) is 0 Å². The minimum atomic E-state index is -4.91. The van der Waals surface area contributed by atoms with Gasteiger partial charge in [0.15, 0.2) is 4.75 Å². The highest BCUT2D eigenvalue weighted by Crippen LogP contribution is 2.70. The summed E-state index contributed by atoms with van der Waals surface area (Å²) in [5.41, 5.74) is 0. The van der Waals surface area contributed by atoms with Gasteiger partial charge in [-0.2, -0.15) is 21.6 Å². The Bertz CT molecular complexity index is 488. The van der Waals surface area contributed by atoms with Crippen LogP contribution < -0.4 is 0 Å². The van der Waals surface area contributed by atoms with Gasteiger partial charge in [-0.1, -0.05) is 6.92 Å². The lowest BCUT2D eigenvalue weighted by Crippen LogP contribution is -2.60. The molecule has 1 saturated heterocycles. The van der Waals surface area contributed by atoms with Gasteiger partial charge in [0, 0.05) is 6.42 Å². The van der Waals surface area contributed by atoms with Crippen molar-refractivity contribution in [3.63, 3.8) is 0 Å². The quantitative estimate of drug-likeness (QED) is 0.672. The molecule has 0 aromatic carbocycles. The average Bonchev–Trinajstić information content (AvgIpc) is 2.92. The van der Waals surface area contributed by atoms with Crippen LogP contribution in [-0.4, -0.2) is 37.2 Å². The Kier molecular flexibility index (Phi) is 2.26. The van der Waals surface area contributed by atoms with Gasteiger partial charge in [-0.25, -0.2) is 0 Å². The molecule has 1 heterocycles. The van der Waals surface area contributed by atoms with Crippen molar-refractivity contribution < 1.29 is 30.9 Å². The Hall–Kier alpha value is -0.340. The van der Waals surface area contributed by atoms with Crippen LogP contribution in [0.25, 0.3) is 0 Å². The van der Waals surface area contributed by atoms with Gasteiger partial charge >= 0.3 is 6.18 Å². The van der Waals surface area contributed by atoms with E-state index in [0.717, 1.165) is 0 Å². The smallest absolute Gasteiger partial charge is 0.393 e. The molecular weight excluding hydrogens is 273 g/mol. The van der Waals surface area contributed by atoms with E-state index >= 15 is 0 Å². The van der Waals surface area contributed by atoms with Crippen molar-refractivity contribution in [3.05, 3.63) is 0 Å². The molecule has 0 radical (unpaired) electrons. The fourth-order valence-electron chi connectivity index (χ4n) is 3.87. The Morgan fingerprint density at radius 1 is 1.39 bits per heavy atom. The lowest BCUT2D eigenvalue weighted by atomic mass is 9.79. The Morgan fingerprint density at radius 2 is 2.00 bits per heavy atom. The number of alkyl halides is 3. The molecule has 3 fully saturated rings. The summed E-state index contributed by atoms with van der Waals surface area (Å²) in [5.74, 6) is -2.07. The highest BCUT2D eigenvalue weighted by molar-refractivity contribution is 7.88. The molecule has 8 heteroatoms. The molecule has 0 spiro atoms. The molecule has 0 aromatic rings. The van der Waals surface area contributed by atoms with Gasteiger partial charge in [0.25, 0.3) is 10.1 Å². The van der Waals surface area contributed by atoms with Gasteiger partial charge < -0.3 is 5.11 Å². The second-order valence-corrected chi connectivity index (χ2v) is 7.40. The first-order chi connectivity index (χ1) is 8.13. The number of fused-ring (bicyclic) bond motifs is 1. The summed E-state index contributed by atoms with van der Waals surface area (Å²) in [6.07, 6.45) is -6.97. The zero-order chi connectivity index (χ0) is 13.5. The van der Waals surface area contributed by atoms with E-state index in [4.69, 9.17) is 0 Å². The van der Waals surface area contributed by atoms with Gasteiger partial charge in [0.1, 0.15) is 0 Å². The van der Waals surface area contributed by atoms with E-state index in [1.54, 1.807) is 6.92 Å². The van der Waals surface area contributed by atoms with Gasteiger partial charge in [-0.05, 0) is 23.7 Å². The predicted molar refractivity (Wildman–Crippen MR) is 53.9 cm³/mol. The fourth-order valence-corrected chi connectivity index (χ4v) is 5.74. The van der Waals surface area contributed by atoms with Crippen molar-refractivity contribution in [1.82, 2.24) is 0 Å². The minimum Gasteiger partial charge on any atom is -0.393 e. The second-order valence-electron chi connectivity index (χ2n) is 5.52. The van der Waals surface area contributed by atoms with E-state index in [-0.39, 0.29) is 12.5 Å². The van der Waals surface area contributed by atoms with Crippen molar-refractivity contribution in [2.45, 2.75) is 30.4 Å². The summed E-state index contributed by atoms with van der Waals surface area (Å²) in [7, 11) is -4.72. The largest absolute Gasteiger partial charge is 0.410 e. The van der Waals surface area contributed by atoms with Crippen LogP contribution in [0.3, 0.4) is 0 Å². The molecule has 3 rings (SSSR count). The minimum absolute atomic E-state index is 0.188. The third-order valence-corrected chi connectivity index (χ3v) is 6.84. The molecular formula is C10H13F3O4S. The van der Waals surface area contributed by atoms with Crippen LogP contribution >= 0.6 is 0 Å². The lowest BCUT2D eigenvalue weighted by Gasteiger charge is -2.42. The zero-order valence-corrected chi connectivity index (χ0v) is 10.3. The van der Waals surface area contributed by atoms with Crippen LogP contribution in [0.1, 0.15) is 13.3 Å². The highest BCUT2D eigenvalue weighted by atomic mass is 32.2. The van der Waals surface area contributed by atoms with Crippen LogP contribution in [0.2, 0.25) is 0 Å². The highest BCUT2D eigenvalue weighted by Gasteiger charge is 2.82. The summed E-state index contributed by atoms with van der Waals surface area (Å²) in [6, 6.07) is 0. The molecule has 0 amide bonds. The first-order valence-electron chi connectivity index (χ1n) is 5.77. The summed E-state index contributed by atoms with van der Waals surface area (Å²) in [6.45, 7) is 1.48. The number of aliphatic hydroxyl groups excluding tert-OH is 1. The number of aliphatic hydroxyl groups is 1. The van der Waals surface area contributed by atoms with E-state index in [9.17, 15) is 26.7 Å². The third kappa shape index (κ3) is 1.21. The first kappa shape index (κ1) is 12.7. The van der Waals surface area contributed by atoms with E-state index < -0.39 is 51.3 Å². The second kappa shape index (κ2) is 3.21. The summed E-state index contributed by atoms with van der Waals surface area (Å²) in [4.78, 5) is 0. The lowest BCUT2D eigenvalue weighted by molar-refractivity contribution is -0.187. The average molecular weight is 286 g/mol. The van der Waals surface area contributed by atoms with Crippen LogP contribution in [0, 0.1) is 23.7 Å². The molecule has 104 valence electrons. The summed E-state index contributed by atoms with van der Waals surface area (Å²) in [5, 5.41) is 9.76. The monoisotopic (exact) mass is 286 g/mol. The molecule has 4 nitrogen and oxygen atoms in total. The zero-order valence-electron chi connectivity index (χ0n) is 9.52. The van der Waals surface area contributed by atoms with Crippen molar-refractivity contribution in [2.75, 3.05) is 6.61 Å². The van der Waals surface area contributed by atoms with Crippen LogP contribution in [0.5, 0.6) is 0 Å². The van der Waals surface area contributed by atoms with Crippen molar-refractivity contribution in [1.29, 1.82) is 0 Å². The molecule has 18 heavy (non-hydrogen) atoms. The topological polar surface area (TPSA) is 63.6 Å². The van der Waals surface area contributed by atoms with Gasteiger partial charge in [0.05, 0.1) is 12.7 Å². The van der Waals surface area contributed by atoms with E-state index in [1.807, 2.05) is 0 Å². The molecule has 1 aliphatic heterocycles. The van der Waals surface area contributed by atoms with Crippen molar-refractivity contribution >= 4 is 10.1 Å². The summed E-state index contributed by atoms with van der Waals surface area (Å²) >= 11 is 0. The number of rotatable bonds is 0. The first-order valence-corrected chi connectivity index (χ1v) is 7.18. The number of halogens is 3. The maximum atomic E-state index is 13.3. The number of hydrogen-bond acceptors (Lipinski definition) is 4. The van der Waals surface area contributed by atoms with Crippen LogP contribution in [-0.2, 0) is 14.3 Å². The fraction of sp³-hybridized carbons (Fsp3) is 1.00. The number of hydrogen-bond donors (Lipinski definition) is 1. The van der Waals surface area contributed by atoms with E-state index in [2.05, 4.69) is 4.18 Å². The van der Waals surface area contributed by atoms with E-state index in [1.165, 1.54) is 0 Å². The van der Waals surface area contributed by atoms with Crippen LogP contribution in [0.4, 0.5) is 13.2 Å². The Labute approximate surface area is 102 Å². The molecule has 2 aliphatic carbocycles. The maximum Gasteiger partial charge on any atom is 0.410 e. The maximum absolute atomic E-state index is 13.3. The Balaban J connectivity index is 2.17. The normalized spacial score (nSPS) is 53.7. The molecule has 1 N–H and O–H groups in total. The molecule has 3 aliphatic rings. The van der Waals surface area contributed by atoms with E-state index in [0.29, 0.717) is 0 Å². The summed E-state index contributed by atoms with van der Waals surface area (Å²) < 4.78 is 65.1. The van der Waals surface area contributed by atoms with Gasteiger partial charge in [-0.3, -0.25) is 4.18 Å². The van der Waals surface area contributed by atoms with Crippen molar-refractivity contribution in [3.8, 4) is 0 Å². The SMILES string of the molecule is CC1C(O)CC2(C(F)(F)F)C3C(COS2(=O)=O)C13. The van der Waals surface area contributed by atoms with Gasteiger partial charge in [0.2, 0.25) is 0 Å². The molecule has 2 saturated carbocycles. The van der Waals surface area contributed by atoms with Crippen LogP contribution in [0.15, 0.2) is 0 Å². The molecule has 6 unspecified atom stereocenters. The molecule has 0 aromatic heterocycles. The standard InChI is InChI=1S/C10H13F3O4S/c1-4-6(14)2-9(10(11,12)13)8-5(7(4)8)3-17-18(9,15)16/h4-8,14H,2-3H2,1H3. The van der Waals surface area contributed by atoms with Crippen molar-refractivity contribution in [2.24, 2.45) is 23.7 Å². The third-order valence-electron chi connectivity index (χ3n) is 4.84. The molecule has 6 atom stereocenters. The molecule has 0 bridgehead atoms.